The fraction of sp³-hybridized carbons (Fsp3) is 0.500. The van der Waals surface area contributed by atoms with Crippen LogP contribution in [0, 0.1) is 0 Å². The molecule has 0 aliphatic carbocycles. The zero-order chi connectivity index (χ0) is 14.8. The molecule has 2 atom stereocenters. The SMILES string of the molecule is CC(NC(=O)C(C)S(C)(=O)=O)c1nc(C(=O)O)cs1. The Labute approximate surface area is 114 Å². The fourth-order valence-corrected chi connectivity index (χ4v) is 2.43. The Morgan fingerprint density at radius 2 is 2.00 bits per heavy atom. The monoisotopic (exact) mass is 306 g/mol. The highest BCUT2D eigenvalue weighted by Crippen LogP contribution is 2.18. The normalized spacial score (nSPS) is 14.7. The predicted octanol–water partition coefficient (Wildman–Crippen LogP) is 0.452. The lowest BCUT2D eigenvalue weighted by molar-refractivity contribution is -0.121. The molecule has 2 unspecified atom stereocenters. The van der Waals surface area contributed by atoms with Gasteiger partial charge < -0.3 is 10.4 Å². The van der Waals surface area contributed by atoms with E-state index in [0.717, 1.165) is 17.6 Å². The van der Waals surface area contributed by atoms with Gasteiger partial charge in [0.2, 0.25) is 5.91 Å². The Kier molecular flexibility index (Phi) is 4.64. The third-order valence-corrected chi connectivity index (χ3v) is 5.01. The summed E-state index contributed by atoms with van der Waals surface area (Å²) < 4.78 is 22.5. The van der Waals surface area contributed by atoms with Crippen molar-refractivity contribution in [3.63, 3.8) is 0 Å². The first-order chi connectivity index (χ1) is 8.62. The summed E-state index contributed by atoms with van der Waals surface area (Å²) in [5.74, 6) is -1.78. The van der Waals surface area contributed by atoms with E-state index in [9.17, 15) is 18.0 Å². The molecule has 0 fully saturated rings. The quantitative estimate of drug-likeness (QED) is 0.816. The van der Waals surface area contributed by atoms with Crippen LogP contribution in [0.15, 0.2) is 5.38 Å². The van der Waals surface area contributed by atoms with Crippen LogP contribution in [-0.4, -0.2) is 41.9 Å². The molecule has 9 heteroatoms. The minimum absolute atomic E-state index is 0.0998. The second-order valence-corrected chi connectivity index (χ2v) is 7.33. The number of nitrogens with one attached hydrogen (secondary N) is 1. The summed E-state index contributed by atoms with van der Waals surface area (Å²) in [6.07, 6.45) is 0.980. The van der Waals surface area contributed by atoms with Crippen molar-refractivity contribution in [3.8, 4) is 0 Å². The predicted molar refractivity (Wildman–Crippen MR) is 69.9 cm³/mol. The summed E-state index contributed by atoms with van der Waals surface area (Å²) in [6.45, 7) is 2.90. The summed E-state index contributed by atoms with van der Waals surface area (Å²) >= 11 is 1.09. The Morgan fingerprint density at radius 3 is 2.42 bits per heavy atom. The molecule has 1 rings (SSSR count). The van der Waals surface area contributed by atoms with Crippen molar-refractivity contribution in [2.24, 2.45) is 0 Å². The van der Waals surface area contributed by atoms with Crippen LogP contribution in [0.25, 0.3) is 0 Å². The topological polar surface area (TPSA) is 113 Å². The van der Waals surface area contributed by atoms with Gasteiger partial charge in [0, 0.05) is 11.6 Å². The first-order valence-electron chi connectivity index (χ1n) is 5.31. The first-order valence-corrected chi connectivity index (χ1v) is 8.14. The number of carbonyl (C=O) groups excluding carboxylic acids is 1. The standard InChI is InChI=1S/C10H14N2O5S2/c1-5(9-12-7(4-18-9)10(14)15)11-8(13)6(2)19(3,16)17/h4-6H,1-3H3,(H,11,13)(H,14,15). The van der Waals surface area contributed by atoms with Crippen molar-refractivity contribution in [2.45, 2.75) is 25.1 Å². The lowest BCUT2D eigenvalue weighted by Crippen LogP contribution is -2.38. The van der Waals surface area contributed by atoms with Crippen LogP contribution in [-0.2, 0) is 14.6 Å². The highest BCUT2D eigenvalue weighted by atomic mass is 32.2. The van der Waals surface area contributed by atoms with Gasteiger partial charge in [-0.25, -0.2) is 18.2 Å². The molecule has 19 heavy (non-hydrogen) atoms. The van der Waals surface area contributed by atoms with Crippen LogP contribution >= 0.6 is 11.3 Å². The highest BCUT2D eigenvalue weighted by Gasteiger charge is 2.25. The number of carboxylic acids is 1. The summed E-state index contributed by atoms with van der Waals surface area (Å²) in [5.41, 5.74) is -0.0998. The molecule has 106 valence electrons. The number of aromatic nitrogens is 1. The van der Waals surface area contributed by atoms with E-state index >= 15 is 0 Å². The van der Waals surface area contributed by atoms with Crippen LogP contribution in [0.3, 0.4) is 0 Å². The first kappa shape index (κ1) is 15.6. The van der Waals surface area contributed by atoms with Crippen LogP contribution < -0.4 is 5.32 Å². The molecule has 7 nitrogen and oxygen atoms in total. The van der Waals surface area contributed by atoms with Gasteiger partial charge in [-0.15, -0.1) is 11.3 Å². The molecule has 0 aromatic carbocycles. The molecule has 0 bridgehead atoms. The van der Waals surface area contributed by atoms with Gasteiger partial charge in [-0.05, 0) is 13.8 Å². The largest absolute Gasteiger partial charge is 0.476 e. The molecule has 1 heterocycles. The number of sulfone groups is 1. The minimum Gasteiger partial charge on any atom is -0.476 e. The number of amides is 1. The van der Waals surface area contributed by atoms with E-state index in [1.54, 1.807) is 6.92 Å². The van der Waals surface area contributed by atoms with E-state index in [4.69, 9.17) is 5.11 Å². The van der Waals surface area contributed by atoms with Crippen LogP contribution in [0.1, 0.15) is 35.4 Å². The smallest absolute Gasteiger partial charge is 0.355 e. The zero-order valence-corrected chi connectivity index (χ0v) is 12.2. The maximum atomic E-state index is 11.7. The van der Waals surface area contributed by atoms with Crippen LogP contribution in [0.5, 0.6) is 0 Å². The Morgan fingerprint density at radius 1 is 1.42 bits per heavy atom. The van der Waals surface area contributed by atoms with E-state index < -0.39 is 33.0 Å². The van der Waals surface area contributed by atoms with E-state index in [2.05, 4.69) is 10.3 Å². The second kappa shape index (κ2) is 5.66. The van der Waals surface area contributed by atoms with Gasteiger partial charge >= 0.3 is 5.97 Å². The number of hydrogen-bond donors (Lipinski definition) is 2. The minimum atomic E-state index is -3.46. The number of rotatable bonds is 5. The molecule has 1 aromatic rings. The fourth-order valence-electron chi connectivity index (χ4n) is 1.17. The Hall–Kier alpha value is -1.48. The van der Waals surface area contributed by atoms with Crippen molar-refractivity contribution in [2.75, 3.05) is 6.26 Å². The molecular formula is C10H14N2O5S2. The summed E-state index contributed by atoms with van der Waals surface area (Å²) in [5, 5.41) is 11.8. The maximum Gasteiger partial charge on any atom is 0.355 e. The van der Waals surface area contributed by atoms with Crippen molar-refractivity contribution in [1.82, 2.24) is 10.3 Å². The average Bonchev–Trinajstić information content (AvgIpc) is 2.75. The van der Waals surface area contributed by atoms with Gasteiger partial charge in [0.25, 0.3) is 0 Å². The lowest BCUT2D eigenvalue weighted by Gasteiger charge is -2.14. The summed E-state index contributed by atoms with van der Waals surface area (Å²) in [7, 11) is -3.46. The molecule has 0 aliphatic rings. The molecule has 0 aliphatic heterocycles. The Balaban J connectivity index is 2.76. The van der Waals surface area contributed by atoms with Crippen LogP contribution in [0.4, 0.5) is 0 Å². The number of carbonyl (C=O) groups is 2. The molecule has 1 aromatic heterocycles. The van der Waals surface area contributed by atoms with Gasteiger partial charge in [0.1, 0.15) is 10.3 Å². The van der Waals surface area contributed by atoms with Crippen molar-refractivity contribution < 1.29 is 23.1 Å². The second-order valence-electron chi connectivity index (χ2n) is 4.08. The lowest BCUT2D eigenvalue weighted by atomic mass is 10.3. The number of thiazole rings is 1. The van der Waals surface area contributed by atoms with Crippen molar-refractivity contribution in [3.05, 3.63) is 16.1 Å². The molecular weight excluding hydrogens is 292 g/mol. The molecule has 1 amide bonds. The number of hydrogen-bond acceptors (Lipinski definition) is 6. The average molecular weight is 306 g/mol. The van der Waals surface area contributed by atoms with Gasteiger partial charge in [-0.2, -0.15) is 0 Å². The molecule has 2 N–H and O–H groups in total. The highest BCUT2D eigenvalue weighted by molar-refractivity contribution is 7.92. The number of carboxylic acid groups (broad SMARTS) is 1. The van der Waals surface area contributed by atoms with E-state index in [1.165, 1.54) is 12.3 Å². The molecule has 0 spiro atoms. The van der Waals surface area contributed by atoms with Gasteiger partial charge in [0.05, 0.1) is 6.04 Å². The van der Waals surface area contributed by atoms with Gasteiger partial charge in [-0.3, -0.25) is 4.79 Å². The van der Waals surface area contributed by atoms with Crippen molar-refractivity contribution in [1.29, 1.82) is 0 Å². The van der Waals surface area contributed by atoms with Gasteiger partial charge in [-0.1, -0.05) is 0 Å². The van der Waals surface area contributed by atoms with E-state index in [-0.39, 0.29) is 5.69 Å². The summed E-state index contributed by atoms with van der Waals surface area (Å²) in [6, 6.07) is -0.546. The molecule has 0 saturated heterocycles. The van der Waals surface area contributed by atoms with E-state index in [0.29, 0.717) is 5.01 Å². The third kappa shape index (κ3) is 4.00. The van der Waals surface area contributed by atoms with Crippen LogP contribution in [0.2, 0.25) is 0 Å². The molecule has 0 saturated carbocycles. The number of aromatic carboxylic acids is 1. The Bertz CT molecular complexity index is 593. The third-order valence-electron chi connectivity index (χ3n) is 2.48. The van der Waals surface area contributed by atoms with Gasteiger partial charge in [0.15, 0.2) is 15.5 Å². The maximum absolute atomic E-state index is 11.7. The van der Waals surface area contributed by atoms with Crippen molar-refractivity contribution >= 4 is 33.1 Å². The zero-order valence-electron chi connectivity index (χ0n) is 10.6. The number of nitrogens with zero attached hydrogens (tertiary/aromatic N) is 1. The molecule has 0 radical (unpaired) electrons. The summed E-state index contributed by atoms with van der Waals surface area (Å²) in [4.78, 5) is 26.2. The van der Waals surface area contributed by atoms with E-state index in [1.807, 2.05) is 0 Å².